The Morgan fingerprint density at radius 1 is 1.08 bits per heavy atom. The standard InChI is InChI=1S/C17H24N6O/c1-13-14(2)19-20-17(15(13)11-18)23-9-7-21(8-10-23)12-16(24)22-5-3-4-6-22/h3-10,12H2,1-2H3. The Kier molecular flexibility index (Phi) is 4.95. The number of hydrogen-bond acceptors (Lipinski definition) is 6. The summed E-state index contributed by atoms with van der Waals surface area (Å²) in [6.07, 6.45) is 2.25. The third-order valence-corrected chi connectivity index (χ3v) is 5.04. The van der Waals surface area contributed by atoms with E-state index in [1.165, 1.54) is 0 Å². The van der Waals surface area contributed by atoms with Crippen LogP contribution >= 0.6 is 0 Å². The van der Waals surface area contributed by atoms with E-state index in [1.807, 2.05) is 18.7 Å². The lowest BCUT2D eigenvalue weighted by molar-refractivity contribution is -0.131. The van der Waals surface area contributed by atoms with E-state index >= 15 is 0 Å². The average Bonchev–Trinajstić information content (AvgIpc) is 3.13. The molecule has 24 heavy (non-hydrogen) atoms. The van der Waals surface area contributed by atoms with Crippen LogP contribution < -0.4 is 4.90 Å². The smallest absolute Gasteiger partial charge is 0.236 e. The minimum absolute atomic E-state index is 0.240. The predicted molar refractivity (Wildman–Crippen MR) is 90.7 cm³/mol. The molecule has 3 heterocycles. The maximum atomic E-state index is 12.3. The van der Waals surface area contributed by atoms with Crippen molar-refractivity contribution < 1.29 is 4.79 Å². The van der Waals surface area contributed by atoms with E-state index in [-0.39, 0.29) is 5.91 Å². The minimum Gasteiger partial charge on any atom is -0.351 e. The molecule has 0 radical (unpaired) electrons. The highest BCUT2D eigenvalue weighted by atomic mass is 16.2. The Hall–Kier alpha value is -2.20. The van der Waals surface area contributed by atoms with Crippen LogP contribution in [-0.2, 0) is 4.79 Å². The second kappa shape index (κ2) is 7.14. The van der Waals surface area contributed by atoms with Crippen LogP contribution in [0.3, 0.4) is 0 Å². The lowest BCUT2D eigenvalue weighted by Gasteiger charge is -2.35. The number of amides is 1. The molecule has 0 saturated carbocycles. The largest absolute Gasteiger partial charge is 0.351 e. The number of piperazine rings is 1. The third-order valence-electron chi connectivity index (χ3n) is 5.04. The normalized spacial score (nSPS) is 18.7. The molecule has 128 valence electrons. The van der Waals surface area contributed by atoms with Crippen LogP contribution in [0.25, 0.3) is 0 Å². The molecule has 0 bridgehead atoms. The maximum Gasteiger partial charge on any atom is 0.236 e. The molecular formula is C17H24N6O. The van der Waals surface area contributed by atoms with Crippen molar-refractivity contribution in [1.29, 1.82) is 5.26 Å². The van der Waals surface area contributed by atoms with Crippen LogP contribution in [0.5, 0.6) is 0 Å². The van der Waals surface area contributed by atoms with E-state index in [9.17, 15) is 10.1 Å². The topological polar surface area (TPSA) is 76.4 Å². The van der Waals surface area contributed by atoms with Crippen molar-refractivity contribution in [2.45, 2.75) is 26.7 Å². The second-order valence-corrected chi connectivity index (χ2v) is 6.57. The number of hydrogen-bond donors (Lipinski definition) is 0. The molecule has 2 saturated heterocycles. The predicted octanol–water partition coefficient (Wildman–Crippen LogP) is 0.710. The van der Waals surface area contributed by atoms with Gasteiger partial charge >= 0.3 is 0 Å². The summed E-state index contributed by atoms with van der Waals surface area (Å²) in [7, 11) is 0. The molecule has 7 nitrogen and oxygen atoms in total. The maximum absolute atomic E-state index is 12.3. The first-order valence-electron chi connectivity index (χ1n) is 8.59. The molecule has 0 atom stereocenters. The SMILES string of the molecule is Cc1nnc(N2CCN(CC(=O)N3CCCC3)CC2)c(C#N)c1C. The highest BCUT2D eigenvalue weighted by molar-refractivity contribution is 5.78. The first kappa shape index (κ1) is 16.7. The van der Waals surface area contributed by atoms with Crippen LogP contribution in [0.1, 0.15) is 29.7 Å². The Balaban J connectivity index is 1.60. The van der Waals surface area contributed by atoms with Gasteiger partial charge in [0.2, 0.25) is 5.91 Å². The van der Waals surface area contributed by atoms with Crippen LogP contribution in [0.2, 0.25) is 0 Å². The second-order valence-electron chi connectivity index (χ2n) is 6.57. The molecule has 0 N–H and O–H groups in total. The molecule has 1 aromatic rings. The minimum atomic E-state index is 0.240. The Labute approximate surface area is 142 Å². The summed E-state index contributed by atoms with van der Waals surface area (Å²) in [5, 5.41) is 17.8. The van der Waals surface area contributed by atoms with Gasteiger partial charge in [-0.05, 0) is 32.3 Å². The van der Waals surface area contributed by atoms with Crippen LogP contribution in [0, 0.1) is 25.2 Å². The Morgan fingerprint density at radius 2 is 1.75 bits per heavy atom. The number of anilines is 1. The van der Waals surface area contributed by atoms with E-state index < -0.39 is 0 Å². The lowest BCUT2D eigenvalue weighted by Crippen LogP contribution is -2.50. The van der Waals surface area contributed by atoms with Gasteiger partial charge in [-0.1, -0.05) is 0 Å². The summed E-state index contributed by atoms with van der Waals surface area (Å²) >= 11 is 0. The highest BCUT2D eigenvalue weighted by Crippen LogP contribution is 2.22. The number of nitrogens with zero attached hydrogens (tertiary/aromatic N) is 6. The number of likely N-dealkylation sites (tertiary alicyclic amines) is 1. The molecule has 2 aliphatic rings. The van der Waals surface area contributed by atoms with E-state index in [0.29, 0.717) is 17.9 Å². The summed E-state index contributed by atoms with van der Waals surface area (Å²) in [5.41, 5.74) is 2.31. The van der Waals surface area contributed by atoms with E-state index in [4.69, 9.17) is 0 Å². The zero-order valence-electron chi connectivity index (χ0n) is 14.5. The summed E-state index contributed by atoms with van der Waals surface area (Å²) < 4.78 is 0. The van der Waals surface area contributed by atoms with Crippen LogP contribution in [-0.4, -0.2) is 71.7 Å². The average molecular weight is 328 g/mol. The van der Waals surface area contributed by atoms with Crippen LogP contribution in [0.15, 0.2) is 0 Å². The molecule has 7 heteroatoms. The number of aryl methyl sites for hydroxylation is 1. The van der Waals surface area contributed by atoms with Crippen molar-refractivity contribution in [3.63, 3.8) is 0 Å². The van der Waals surface area contributed by atoms with Gasteiger partial charge in [-0.2, -0.15) is 10.4 Å². The monoisotopic (exact) mass is 328 g/mol. The van der Waals surface area contributed by atoms with Crippen molar-refractivity contribution in [3.05, 3.63) is 16.8 Å². The fourth-order valence-electron chi connectivity index (χ4n) is 3.33. The first-order valence-corrected chi connectivity index (χ1v) is 8.59. The summed E-state index contributed by atoms with van der Waals surface area (Å²) in [6, 6.07) is 2.26. The molecule has 0 aromatic carbocycles. The molecule has 1 amide bonds. The quantitative estimate of drug-likeness (QED) is 0.813. The Bertz CT molecular complexity index is 654. The van der Waals surface area contributed by atoms with Crippen molar-refractivity contribution in [2.75, 3.05) is 50.7 Å². The number of carbonyl (C=O) groups excluding carboxylic acids is 1. The van der Waals surface area contributed by atoms with Gasteiger partial charge in [0.25, 0.3) is 0 Å². The Morgan fingerprint density at radius 3 is 2.38 bits per heavy atom. The van der Waals surface area contributed by atoms with Gasteiger partial charge in [-0.25, -0.2) is 0 Å². The molecule has 1 aromatic heterocycles. The van der Waals surface area contributed by atoms with Crippen molar-refractivity contribution in [1.82, 2.24) is 20.0 Å². The van der Waals surface area contributed by atoms with E-state index in [1.54, 1.807) is 0 Å². The zero-order valence-corrected chi connectivity index (χ0v) is 14.5. The van der Waals surface area contributed by atoms with Gasteiger partial charge in [0, 0.05) is 39.3 Å². The van der Waals surface area contributed by atoms with Crippen molar-refractivity contribution in [2.24, 2.45) is 0 Å². The highest BCUT2D eigenvalue weighted by Gasteiger charge is 2.25. The summed E-state index contributed by atoms with van der Waals surface area (Å²) in [6.45, 7) is 9.23. The number of carbonyl (C=O) groups is 1. The lowest BCUT2D eigenvalue weighted by atomic mass is 10.1. The van der Waals surface area contributed by atoms with Gasteiger partial charge < -0.3 is 9.80 Å². The molecule has 0 unspecified atom stereocenters. The molecule has 2 aliphatic heterocycles. The molecule has 0 spiro atoms. The number of aromatic nitrogens is 2. The van der Waals surface area contributed by atoms with Gasteiger partial charge in [-0.15, -0.1) is 5.10 Å². The number of rotatable bonds is 3. The third kappa shape index (κ3) is 3.34. The summed E-state index contributed by atoms with van der Waals surface area (Å²) in [5.74, 6) is 0.913. The van der Waals surface area contributed by atoms with Gasteiger partial charge in [-0.3, -0.25) is 9.69 Å². The van der Waals surface area contributed by atoms with Gasteiger partial charge in [0.15, 0.2) is 5.82 Å². The molecular weight excluding hydrogens is 304 g/mol. The zero-order chi connectivity index (χ0) is 17.1. The summed E-state index contributed by atoms with van der Waals surface area (Å²) in [4.78, 5) is 18.5. The van der Waals surface area contributed by atoms with Gasteiger partial charge in [0.05, 0.1) is 12.2 Å². The van der Waals surface area contributed by atoms with Crippen LogP contribution in [0.4, 0.5) is 5.82 Å². The molecule has 2 fully saturated rings. The van der Waals surface area contributed by atoms with Crippen molar-refractivity contribution in [3.8, 4) is 6.07 Å². The van der Waals surface area contributed by atoms with Crippen molar-refractivity contribution >= 4 is 11.7 Å². The first-order chi connectivity index (χ1) is 11.6. The fraction of sp³-hybridized carbons (Fsp3) is 0.647. The van der Waals surface area contributed by atoms with E-state index in [0.717, 1.165) is 63.4 Å². The fourth-order valence-corrected chi connectivity index (χ4v) is 3.33. The molecule has 0 aliphatic carbocycles. The molecule has 3 rings (SSSR count). The number of nitriles is 1. The van der Waals surface area contributed by atoms with Gasteiger partial charge in [0.1, 0.15) is 11.6 Å². The van der Waals surface area contributed by atoms with E-state index in [2.05, 4.69) is 26.1 Å².